The molecule has 2 aromatic heterocycles. The summed E-state index contributed by atoms with van der Waals surface area (Å²) in [5.74, 6) is 0.400. The molecule has 0 spiro atoms. The number of benzene rings is 2. The van der Waals surface area contributed by atoms with E-state index < -0.39 is 5.85 Å². The maximum absolute atomic E-state index is 14.6. The van der Waals surface area contributed by atoms with Gasteiger partial charge in [0, 0.05) is 62.8 Å². The van der Waals surface area contributed by atoms with Crippen LogP contribution in [-0.2, 0) is 11.3 Å². The fraction of sp³-hybridized carbons (Fsp3) is 0.320. The van der Waals surface area contributed by atoms with Gasteiger partial charge < -0.3 is 19.7 Å². The molecule has 10 heteroatoms. The van der Waals surface area contributed by atoms with Crippen molar-refractivity contribution in [2.45, 2.75) is 25.2 Å². The molecule has 0 amide bonds. The standard InChI is InChI=1S/C25H26ClFN6O2/c1-34-22-7-4-17(14-21(22)26)16-28-23-20-15-18(33-11-3-10-29-33)5-6-19(20)24(31-30-23)32-12-8-25(27,35-2)9-13-32/h3-7,10-11,14-15H,8-9,12-13,16H2,1-2H3,(H,28,30). The van der Waals surface area contributed by atoms with E-state index in [1.807, 2.05) is 48.7 Å². The Bertz CT molecular complexity index is 1330. The van der Waals surface area contributed by atoms with Crippen molar-refractivity contribution >= 4 is 34.0 Å². The lowest BCUT2D eigenvalue weighted by Crippen LogP contribution is -2.43. The average molecular weight is 497 g/mol. The Morgan fingerprint density at radius 2 is 1.91 bits per heavy atom. The highest BCUT2D eigenvalue weighted by Crippen LogP contribution is 2.35. The van der Waals surface area contributed by atoms with E-state index in [0.717, 1.165) is 27.8 Å². The van der Waals surface area contributed by atoms with Crippen LogP contribution in [-0.4, -0.2) is 53.1 Å². The Balaban J connectivity index is 1.49. The third-order valence-electron chi connectivity index (χ3n) is 6.36. The number of anilines is 2. The molecule has 3 heterocycles. The Morgan fingerprint density at radius 1 is 1.09 bits per heavy atom. The summed E-state index contributed by atoms with van der Waals surface area (Å²) < 4.78 is 26.7. The van der Waals surface area contributed by atoms with Gasteiger partial charge in [0.15, 0.2) is 11.6 Å². The summed E-state index contributed by atoms with van der Waals surface area (Å²) >= 11 is 6.29. The van der Waals surface area contributed by atoms with Gasteiger partial charge >= 0.3 is 0 Å². The first-order chi connectivity index (χ1) is 17.0. The van der Waals surface area contributed by atoms with Crippen LogP contribution in [0.15, 0.2) is 54.9 Å². The second-order valence-electron chi connectivity index (χ2n) is 8.45. The van der Waals surface area contributed by atoms with E-state index in [-0.39, 0.29) is 12.8 Å². The molecule has 0 saturated carbocycles. The number of hydrogen-bond acceptors (Lipinski definition) is 7. The monoisotopic (exact) mass is 496 g/mol. The molecular formula is C25H26ClFN6O2. The largest absolute Gasteiger partial charge is 0.495 e. The second-order valence-corrected chi connectivity index (χ2v) is 8.86. The van der Waals surface area contributed by atoms with E-state index in [4.69, 9.17) is 21.1 Å². The van der Waals surface area contributed by atoms with Crippen LogP contribution in [0.5, 0.6) is 5.75 Å². The van der Waals surface area contributed by atoms with Gasteiger partial charge in [-0.15, -0.1) is 10.2 Å². The van der Waals surface area contributed by atoms with Gasteiger partial charge in [0.2, 0.25) is 5.85 Å². The first kappa shape index (κ1) is 23.3. The second kappa shape index (κ2) is 9.67. The minimum atomic E-state index is -1.59. The molecule has 5 rings (SSSR count). The van der Waals surface area contributed by atoms with Gasteiger partial charge in [-0.1, -0.05) is 17.7 Å². The van der Waals surface area contributed by atoms with Crippen molar-refractivity contribution in [2.24, 2.45) is 0 Å². The Labute approximate surface area is 207 Å². The van der Waals surface area contributed by atoms with Crippen LogP contribution in [0.4, 0.5) is 16.0 Å². The maximum atomic E-state index is 14.6. The SMILES string of the molecule is COc1ccc(CNc2nnc(N3CCC(F)(OC)CC3)c3ccc(-n4cccn4)cc23)cc1Cl. The summed E-state index contributed by atoms with van der Waals surface area (Å²) in [6.45, 7) is 1.49. The number of halogens is 2. The first-order valence-corrected chi connectivity index (χ1v) is 11.7. The molecule has 1 N–H and O–H groups in total. The van der Waals surface area contributed by atoms with Crippen molar-refractivity contribution in [1.29, 1.82) is 0 Å². The molecule has 1 aliphatic rings. The molecule has 0 unspecified atom stereocenters. The van der Waals surface area contributed by atoms with Crippen LogP contribution >= 0.6 is 11.6 Å². The van der Waals surface area contributed by atoms with Gasteiger partial charge in [-0.05, 0) is 42.0 Å². The molecule has 1 fully saturated rings. The van der Waals surface area contributed by atoms with Crippen molar-refractivity contribution in [2.75, 3.05) is 37.5 Å². The van der Waals surface area contributed by atoms with Crippen LogP contribution in [0.3, 0.4) is 0 Å². The minimum absolute atomic E-state index is 0.274. The Kier molecular flexibility index (Phi) is 6.44. The van der Waals surface area contributed by atoms with E-state index >= 15 is 0 Å². The Morgan fingerprint density at radius 3 is 2.60 bits per heavy atom. The molecular weight excluding hydrogens is 471 g/mol. The number of rotatable bonds is 7. The molecule has 1 saturated heterocycles. The van der Waals surface area contributed by atoms with Gasteiger partial charge in [-0.25, -0.2) is 9.07 Å². The number of nitrogens with zero attached hydrogens (tertiary/aromatic N) is 5. The summed E-state index contributed by atoms with van der Waals surface area (Å²) in [6, 6.07) is 13.6. The molecule has 35 heavy (non-hydrogen) atoms. The summed E-state index contributed by atoms with van der Waals surface area (Å²) in [7, 11) is 3.00. The Hall–Kier alpha value is -3.43. The highest BCUT2D eigenvalue weighted by Gasteiger charge is 2.35. The molecule has 2 aromatic carbocycles. The van der Waals surface area contributed by atoms with E-state index in [9.17, 15) is 4.39 Å². The fourth-order valence-electron chi connectivity index (χ4n) is 4.32. The molecule has 0 bridgehead atoms. The zero-order chi connectivity index (χ0) is 24.4. The summed E-state index contributed by atoms with van der Waals surface area (Å²) in [5.41, 5.74) is 1.88. The zero-order valence-corrected chi connectivity index (χ0v) is 20.3. The number of alkyl halides is 1. The van der Waals surface area contributed by atoms with E-state index in [2.05, 4.69) is 25.5 Å². The number of ether oxygens (including phenoxy) is 2. The molecule has 1 aliphatic heterocycles. The van der Waals surface area contributed by atoms with Crippen LogP contribution < -0.4 is 15.0 Å². The maximum Gasteiger partial charge on any atom is 0.212 e. The first-order valence-electron chi connectivity index (χ1n) is 11.4. The topological polar surface area (TPSA) is 77.3 Å². The lowest BCUT2D eigenvalue weighted by molar-refractivity contribution is -0.135. The molecule has 0 aliphatic carbocycles. The third kappa shape index (κ3) is 4.74. The highest BCUT2D eigenvalue weighted by molar-refractivity contribution is 6.32. The molecule has 0 radical (unpaired) electrons. The number of hydrogen-bond donors (Lipinski definition) is 1. The summed E-state index contributed by atoms with van der Waals surface area (Å²) in [5, 5.41) is 19.2. The normalized spacial score (nSPS) is 15.4. The molecule has 182 valence electrons. The summed E-state index contributed by atoms with van der Waals surface area (Å²) in [4.78, 5) is 2.06. The van der Waals surface area contributed by atoms with Gasteiger partial charge in [0.05, 0.1) is 17.8 Å². The molecule has 0 atom stereocenters. The minimum Gasteiger partial charge on any atom is -0.495 e. The number of nitrogens with one attached hydrogen (secondary N) is 1. The molecule has 8 nitrogen and oxygen atoms in total. The summed E-state index contributed by atoms with van der Waals surface area (Å²) in [6.07, 6.45) is 4.17. The van der Waals surface area contributed by atoms with Crippen LogP contribution in [0.2, 0.25) is 5.02 Å². The van der Waals surface area contributed by atoms with Crippen LogP contribution in [0.1, 0.15) is 18.4 Å². The predicted molar refractivity (Wildman–Crippen MR) is 134 cm³/mol. The zero-order valence-electron chi connectivity index (χ0n) is 19.5. The van der Waals surface area contributed by atoms with E-state index in [1.54, 1.807) is 18.0 Å². The predicted octanol–water partition coefficient (Wildman–Crippen LogP) is 5.00. The van der Waals surface area contributed by atoms with Crippen molar-refractivity contribution in [3.63, 3.8) is 0 Å². The molecule has 4 aromatic rings. The van der Waals surface area contributed by atoms with Crippen molar-refractivity contribution in [3.8, 4) is 11.4 Å². The fourth-order valence-corrected chi connectivity index (χ4v) is 4.60. The smallest absolute Gasteiger partial charge is 0.212 e. The van der Waals surface area contributed by atoms with Gasteiger partial charge in [0.25, 0.3) is 0 Å². The number of aromatic nitrogens is 4. The van der Waals surface area contributed by atoms with Crippen LogP contribution in [0.25, 0.3) is 16.5 Å². The number of methoxy groups -OCH3 is 2. The van der Waals surface area contributed by atoms with Gasteiger partial charge in [-0.3, -0.25) is 0 Å². The van der Waals surface area contributed by atoms with Crippen molar-refractivity contribution in [3.05, 3.63) is 65.4 Å². The van der Waals surface area contributed by atoms with E-state index in [0.29, 0.717) is 36.2 Å². The highest BCUT2D eigenvalue weighted by atomic mass is 35.5. The average Bonchev–Trinajstić information content (AvgIpc) is 3.43. The third-order valence-corrected chi connectivity index (χ3v) is 6.66. The van der Waals surface area contributed by atoms with Crippen LogP contribution in [0, 0.1) is 0 Å². The quantitative estimate of drug-likeness (QED) is 0.385. The van der Waals surface area contributed by atoms with Gasteiger partial charge in [-0.2, -0.15) is 5.10 Å². The number of fused-ring (bicyclic) bond motifs is 1. The lowest BCUT2D eigenvalue weighted by atomic mass is 10.0. The van der Waals surface area contributed by atoms with Gasteiger partial charge in [0.1, 0.15) is 5.75 Å². The van der Waals surface area contributed by atoms with E-state index in [1.165, 1.54) is 7.11 Å². The van der Waals surface area contributed by atoms with Crippen molar-refractivity contribution in [1.82, 2.24) is 20.0 Å². The lowest BCUT2D eigenvalue weighted by Gasteiger charge is -2.36. The van der Waals surface area contributed by atoms with Crippen molar-refractivity contribution < 1.29 is 13.9 Å². The number of piperidine rings is 1.